The predicted molar refractivity (Wildman–Crippen MR) is 143 cm³/mol. The van der Waals surface area contributed by atoms with Crippen LogP contribution in [0.2, 0.25) is 0 Å². The van der Waals surface area contributed by atoms with Crippen molar-refractivity contribution in [2.24, 2.45) is 0 Å². The Hall–Kier alpha value is -4.29. The molecule has 6 nitrogen and oxygen atoms in total. The highest BCUT2D eigenvalue weighted by molar-refractivity contribution is 5.86. The van der Waals surface area contributed by atoms with Gasteiger partial charge in [-0.2, -0.15) is 0 Å². The summed E-state index contributed by atoms with van der Waals surface area (Å²) in [5.41, 5.74) is 4.91. The monoisotopic (exact) mass is 498 g/mol. The summed E-state index contributed by atoms with van der Waals surface area (Å²) in [7, 11) is 3.16. The molecule has 6 heteroatoms. The maximum absolute atomic E-state index is 13.1. The van der Waals surface area contributed by atoms with Gasteiger partial charge in [-0.25, -0.2) is 0 Å². The van der Waals surface area contributed by atoms with Crippen molar-refractivity contribution in [3.8, 4) is 45.3 Å². The number of phenols is 2. The second kappa shape index (κ2) is 11.6. The standard InChI is InChI=1S/C31H30O6/c1-36-28-7-3-5-22(30(28)20-9-13-24(32)14-10-20)17-26(34)19-27(35)18-23-6-4-8-29(37-2)31(23)21-11-15-25(33)16-12-21/h3-16,26,32-34H,17-19H2,1-2H3. The number of benzene rings is 4. The lowest BCUT2D eigenvalue weighted by Gasteiger charge is -2.18. The second-order valence-electron chi connectivity index (χ2n) is 8.86. The number of phenolic OH excluding ortho intramolecular Hbond substituents is 2. The minimum absolute atomic E-state index is 0.0154. The zero-order valence-corrected chi connectivity index (χ0v) is 20.8. The van der Waals surface area contributed by atoms with Crippen molar-refractivity contribution < 1.29 is 29.6 Å². The minimum atomic E-state index is -0.891. The van der Waals surface area contributed by atoms with Gasteiger partial charge in [0.15, 0.2) is 0 Å². The zero-order chi connectivity index (χ0) is 26.4. The molecule has 0 bridgehead atoms. The Labute approximate surface area is 216 Å². The van der Waals surface area contributed by atoms with Gasteiger partial charge >= 0.3 is 0 Å². The van der Waals surface area contributed by atoms with Crippen molar-refractivity contribution in [3.05, 3.63) is 96.1 Å². The average molecular weight is 499 g/mol. The molecule has 0 aliphatic rings. The summed E-state index contributed by atoms with van der Waals surface area (Å²) in [5.74, 6) is 1.50. The van der Waals surface area contributed by atoms with E-state index in [1.165, 1.54) is 0 Å². The Balaban J connectivity index is 1.53. The molecular weight excluding hydrogens is 468 g/mol. The zero-order valence-electron chi connectivity index (χ0n) is 20.8. The molecule has 3 N–H and O–H groups in total. The molecule has 0 heterocycles. The summed E-state index contributed by atoms with van der Waals surface area (Å²) >= 11 is 0. The third-order valence-electron chi connectivity index (χ3n) is 6.28. The summed E-state index contributed by atoms with van der Waals surface area (Å²) < 4.78 is 11.1. The third-order valence-corrected chi connectivity index (χ3v) is 6.28. The first kappa shape index (κ1) is 25.8. The van der Waals surface area contributed by atoms with Crippen LogP contribution >= 0.6 is 0 Å². The molecular formula is C31H30O6. The molecule has 37 heavy (non-hydrogen) atoms. The lowest BCUT2D eigenvalue weighted by atomic mass is 9.91. The van der Waals surface area contributed by atoms with E-state index >= 15 is 0 Å². The van der Waals surface area contributed by atoms with Gasteiger partial charge in [0.1, 0.15) is 28.8 Å². The Morgan fingerprint density at radius 3 is 1.65 bits per heavy atom. The van der Waals surface area contributed by atoms with Gasteiger partial charge < -0.3 is 24.8 Å². The molecule has 0 amide bonds. The third kappa shape index (κ3) is 6.11. The van der Waals surface area contributed by atoms with E-state index in [4.69, 9.17) is 9.47 Å². The average Bonchev–Trinajstić information content (AvgIpc) is 2.89. The summed E-state index contributed by atoms with van der Waals surface area (Å²) in [4.78, 5) is 13.1. The number of aliphatic hydroxyl groups excluding tert-OH is 1. The Morgan fingerprint density at radius 1 is 0.703 bits per heavy atom. The lowest BCUT2D eigenvalue weighted by molar-refractivity contribution is -0.120. The molecule has 4 rings (SSSR count). The van der Waals surface area contributed by atoms with E-state index in [1.807, 2.05) is 36.4 Å². The van der Waals surface area contributed by atoms with Crippen molar-refractivity contribution >= 4 is 5.78 Å². The van der Waals surface area contributed by atoms with Gasteiger partial charge in [0, 0.05) is 24.0 Å². The number of ketones is 1. The lowest BCUT2D eigenvalue weighted by Crippen LogP contribution is -2.18. The largest absolute Gasteiger partial charge is 0.508 e. The van der Waals surface area contributed by atoms with Gasteiger partial charge in [-0.3, -0.25) is 4.79 Å². The first-order chi connectivity index (χ1) is 17.9. The number of carbonyl (C=O) groups is 1. The highest BCUT2D eigenvalue weighted by Gasteiger charge is 2.19. The number of rotatable bonds is 10. The molecule has 0 aliphatic heterocycles. The van der Waals surface area contributed by atoms with Crippen LogP contribution in [0.25, 0.3) is 22.3 Å². The van der Waals surface area contributed by atoms with Crippen molar-refractivity contribution in [1.29, 1.82) is 0 Å². The van der Waals surface area contributed by atoms with E-state index in [1.54, 1.807) is 62.8 Å². The van der Waals surface area contributed by atoms with Crippen molar-refractivity contribution in [2.45, 2.75) is 25.4 Å². The van der Waals surface area contributed by atoms with Crippen LogP contribution < -0.4 is 9.47 Å². The number of aromatic hydroxyl groups is 2. The van der Waals surface area contributed by atoms with Gasteiger partial charge in [-0.1, -0.05) is 48.5 Å². The van der Waals surface area contributed by atoms with Crippen LogP contribution in [0.4, 0.5) is 0 Å². The van der Waals surface area contributed by atoms with Crippen molar-refractivity contribution in [3.63, 3.8) is 0 Å². The molecule has 4 aromatic rings. The summed E-state index contributed by atoms with van der Waals surface area (Å²) in [6.07, 6.45) is -0.508. The fraction of sp³-hybridized carbons (Fsp3) is 0.194. The number of aliphatic hydroxyl groups is 1. The number of Topliss-reactive ketones (excluding diaryl/α,β-unsaturated/α-hetero) is 1. The van der Waals surface area contributed by atoms with Crippen LogP contribution in [0.1, 0.15) is 17.5 Å². The summed E-state index contributed by atoms with van der Waals surface area (Å²) in [6.45, 7) is 0. The van der Waals surface area contributed by atoms with Crippen LogP contribution in [-0.2, 0) is 17.6 Å². The highest BCUT2D eigenvalue weighted by Crippen LogP contribution is 2.36. The normalized spacial score (nSPS) is 11.6. The molecule has 1 unspecified atom stereocenters. The predicted octanol–water partition coefficient (Wildman–Crippen LogP) is 5.55. The smallest absolute Gasteiger partial charge is 0.139 e. The molecule has 1 atom stereocenters. The quantitative estimate of drug-likeness (QED) is 0.265. The second-order valence-corrected chi connectivity index (χ2v) is 8.86. The number of carbonyl (C=O) groups excluding carboxylic acids is 1. The van der Waals surface area contributed by atoms with Crippen molar-refractivity contribution in [1.82, 2.24) is 0 Å². The number of methoxy groups -OCH3 is 2. The molecule has 0 radical (unpaired) electrons. The van der Waals surface area contributed by atoms with E-state index in [2.05, 4.69) is 0 Å². The van der Waals surface area contributed by atoms with Crippen LogP contribution in [0.3, 0.4) is 0 Å². The summed E-state index contributed by atoms with van der Waals surface area (Å²) in [5, 5.41) is 30.2. The molecule has 0 spiro atoms. The molecule has 0 aliphatic carbocycles. The van der Waals surface area contributed by atoms with E-state index in [9.17, 15) is 20.1 Å². The van der Waals surface area contributed by atoms with Gasteiger partial charge in [0.05, 0.1) is 20.3 Å². The first-order valence-corrected chi connectivity index (χ1v) is 12.0. The maximum atomic E-state index is 13.1. The molecule has 4 aromatic carbocycles. The Morgan fingerprint density at radius 2 is 1.16 bits per heavy atom. The molecule has 0 aromatic heterocycles. The molecule has 0 saturated carbocycles. The Kier molecular flexibility index (Phi) is 8.11. The van der Waals surface area contributed by atoms with Gasteiger partial charge in [-0.05, 0) is 65.1 Å². The molecule has 190 valence electrons. The summed E-state index contributed by atoms with van der Waals surface area (Å²) in [6, 6.07) is 24.7. The fourth-order valence-electron chi connectivity index (χ4n) is 4.60. The Bertz CT molecular complexity index is 1360. The van der Waals surface area contributed by atoms with Crippen LogP contribution in [0, 0.1) is 0 Å². The van der Waals surface area contributed by atoms with E-state index < -0.39 is 6.10 Å². The van der Waals surface area contributed by atoms with Crippen LogP contribution in [-0.4, -0.2) is 41.4 Å². The first-order valence-electron chi connectivity index (χ1n) is 12.0. The van der Waals surface area contributed by atoms with Gasteiger partial charge in [-0.15, -0.1) is 0 Å². The van der Waals surface area contributed by atoms with E-state index in [0.29, 0.717) is 11.5 Å². The minimum Gasteiger partial charge on any atom is -0.508 e. The maximum Gasteiger partial charge on any atom is 0.139 e. The van der Waals surface area contributed by atoms with Gasteiger partial charge in [0.25, 0.3) is 0 Å². The van der Waals surface area contributed by atoms with Gasteiger partial charge in [0.2, 0.25) is 0 Å². The number of hydrogen-bond donors (Lipinski definition) is 3. The van der Waals surface area contributed by atoms with Crippen LogP contribution in [0.15, 0.2) is 84.9 Å². The van der Waals surface area contributed by atoms with Crippen LogP contribution in [0.5, 0.6) is 23.0 Å². The van der Waals surface area contributed by atoms with E-state index in [-0.39, 0.29) is 36.5 Å². The number of ether oxygens (including phenoxy) is 2. The topological polar surface area (TPSA) is 96.2 Å². The molecule has 0 saturated heterocycles. The SMILES string of the molecule is COc1cccc(CC(=O)CC(O)Cc2cccc(OC)c2-c2ccc(O)cc2)c1-c1ccc(O)cc1. The molecule has 0 fully saturated rings. The fourth-order valence-corrected chi connectivity index (χ4v) is 4.60. The van der Waals surface area contributed by atoms with E-state index in [0.717, 1.165) is 33.4 Å². The number of hydrogen-bond acceptors (Lipinski definition) is 6. The van der Waals surface area contributed by atoms with Crippen molar-refractivity contribution in [2.75, 3.05) is 14.2 Å². The highest BCUT2D eigenvalue weighted by atomic mass is 16.5.